The number of esters is 1. The fourth-order valence-electron chi connectivity index (χ4n) is 1.77. The Hall–Kier alpha value is -1.39. The number of carbonyl (C=O) groups excluding carboxylic acids is 1. The molecule has 0 radical (unpaired) electrons. The molecular formula is C13H16O4. The molecule has 0 unspecified atom stereocenters. The van der Waals surface area contributed by atoms with Crippen LogP contribution in [-0.4, -0.2) is 31.4 Å². The van der Waals surface area contributed by atoms with Crippen LogP contribution in [-0.2, 0) is 25.6 Å². The van der Waals surface area contributed by atoms with Crippen LogP contribution in [0.2, 0.25) is 0 Å². The maximum atomic E-state index is 10.9. The average molecular weight is 236 g/mol. The predicted octanol–water partition coefficient (Wildman–Crippen LogP) is 1.53. The molecule has 0 amide bonds. The highest BCUT2D eigenvalue weighted by Crippen LogP contribution is 2.15. The van der Waals surface area contributed by atoms with Gasteiger partial charge < -0.3 is 14.2 Å². The van der Waals surface area contributed by atoms with Crippen molar-refractivity contribution in [2.45, 2.75) is 25.7 Å². The summed E-state index contributed by atoms with van der Waals surface area (Å²) in [5.74, 6) is -0.297. The average Bonchev–Trinajstić information content (AvgIpc) is 2.74. The zero-order valence-corrected chi connectivity index (χ0v) is 9.80. The molecule has 1 aromatic carbocycles. The van der Waals surface area contributed by atoms with Crippen LogP contribution < -0.4 is 0 Å². The zero-order valence-electron chi connectivity index (χ0n) is 9.80. The maximum Gasteiger partial charge on any atom is 0.303 e. The van der Waals surface area contributed by atoms with Gasteiger partial charge in [0.05, 0.1) is 19.8 Å². The van der Waals surface area contributed by atoms with Gasteiger partial charge in [0, 0.05) is 6.92 Å². The van der Waals surface area contributed by atoms with E-state index in [0.717, 1.165) is 5.56 Å². The van der Waals surface area contributed by atoms with Gasteiger partial charge in [-0.05, 0) is 5.56 Å². The molecule has 0 bridgehead atoms. The summed E-state index contributed by atoms with van der Waals surface area (Å²) < 4.78 is 16.1. The highest BCUT2D eigenvalue weighted by atomic mass is 16.6. The SMILES string of the molecule is CC(=O)O[C@@H]1COC[C@H]1OCc1ccccc1. The van der Waals surface area contributed by atoms with Crippen molar-refractivity contribution < 1.29 is 19.0 Å². The minimum Gasteiger partial charge on any atom is -0.457 e. The van der Waals surface area contributed by atoms with Gasteiger partial charge in [-0.3, -0.25) is 4.79 Å². The first-order chi connectivity index (χ1) is 8.25. The van der Waals surface area contributed by atoms with E-state index in [2.05, 4.69) is 0 Å². The minimum absolute atomic E-state index is 0.167. The molecule has 1 fully saturated rings. The van der Waals surface area contributed by atoms with Crippen LogP contribution >= 0.6 is 0 Å². The highest BCUT2D eigenvalue weighted by Gasteiger charge is 2.31. The Bertz CT molecular complexity index is 363. The van der Waals surface area contributed by atoms with Gasteiger partial charge in [-0.1, -0.05) is 30.3 Å². The molecule has 2 rings (SSSR count). The molecule has 1 aliphatic rings. The molecule has 4 nitrogen and oxygen atoms in total. The normalized spacial score (nSPS) is 23.6. The molecule has 92 valence electrons. The van der Waals surface area contributed by atoms with Crippen molar-refractivity contribution in [3.8, 4) is 0 Å². The first-order valence-corrected chi connectivity index (χ1v) is 5.66. The van der Waals surface area contributed by atoms with Crippen LogP contribution in [0.5, 0.6) is 0 Å². The number of rotatable bonds is 4. The fraction of sp³-hybridized carbons (Fsp3) is 0.462. The van der Waals surface area contributed by atoms with E-state index in [4.69, 9.17) is 14.2 Å². The third kappa shape index (κ3) is 3.54. The van der Waals surface area contributed by atoms with Gasteiger partial charge >= 0.3 is 5.97 Å². The Kier molecular flexibility index (Phi) is 4.12. The Balaban J connectivity index is 1.84. The van der Waals surface area contributed by atoms with Crippen LogP contribution in [0.1, 0.15) is 12.5 Å². The van der Waals surface area contributed by atoms with Gasteiger partial charge in [0.1, 0.15) is 6.10 Å². The van der Waals surface area contributed by atoms with Crippen LogP contribution in [0.25, 0.3) is 0 Å². The van der Waals surface area contributed by atoms with Crippen molar-refractivity contribution in [1.82, 2.24) is 0 Å². The molecule has 0 saturated carbocycles. The Morgan fingerprint density at radius 3 is 2.71 bits per heavy atom. The van der Waals surface area contributed by atoms with Crippen molar-refractivity contribution in [2.24, 2.45) is 0 Å². The second kappa shape index (κ2) is 5.80. The van der Waals surface area contributed by atoms with Gasteiger partial charge in [-0.2, -0.15) is 0 Å². The summed E-state index contributed by atoms with van der Waals surface area (Å²) in [6.45, 7) is 2.79. The van der Waals surface area contributed by atoms with Crippen molar-refractivity contribution >= 4 is 5.97 Å². The van der Waals surface area contributed by atoms with Crippen LogP contribution in [0.3, 0.4) is 0 Å². The van der Waals surface area contributed by atoms with Crippen LogP contribution in [0.4, 0.5) is 0 Å². The summed E-state index contributed by atoms with van der Waals surface area (Å²) in [7, 11) is 0. The Labute approximate surface area is 100 Å². The van der Waals surface area contributed by atoms with Gasteiger partial charge in [0.2, 0.25) is 0 Å². The summed E-state index contributed by atoms with van der Waals surface area (Å²) in [6.07, 6.45) is -0.449. The molecule has 0 aliphatic carbocycles. The number of ether oxygens (including phenoxy) is 3. The quantitative estimate of drug-likeness (QED) is 0.744. The predicted molar refractivity (Wildman–Crippen MR) is 61.4 cm³/mol. The lowest BCUT2D eigenvalue weighted by Gasteiger charge is -2.17. The lowest BCUT2D eigenvalue weighted by molar-refractivity contribution is -0.152. The van der Waals surface area contributed by atoms with Crippen LogP contribution in [0, 0.1) is 0 Å². The van der Waals surface area contributed by atoms with Crippen LogP contribution in [0.15, 0.2) is 30.3 Å². The topological polar surface area (TPSA) is 44.8 Å². The lowest BCUT2D eigenvalue weighted by Crippen LogP contribution is -2.31. The largest absolute Gasteiger partial charge is 0.457 e. The Morgan fingerprint density at radius 1 is 1.29 bits per heavy atom. The third-order valence-corrected chi connectivity index (χ3v) is 2.60. The summed E-state index contributed by atoms with van der Waals surface area (Å²) >= 11 is 0. The van der Waals surface area contributed by atoms with E-state index >= 15 is 0 Å². The minimum atomic E-state index is -0.297. The maximum absolute atomic E-state index is 10.9. The number of hydrogen-bond donors (Lipinski definition) is 0. The molecule has 1 aromatic rings. The van der Waals surface area contributed by atoms with Crippen molar-refractivity contribution in [1.29, 1.82) is 0 Å². The van der Waals surface area contributed by atoms with Gasteiger partial charge in [-0.15, -0.1) is 0 Å². The van der Waals surface area contributed by atoms with E-state index in [-0.39, 0.29) is 18.2 Å². The lowest BCUT2D eigenvalue weighted by atomic mass is 10.2. The molecule has 17 heavy (non-hydrogen) atoms. The standard InChI is InChI=1S/C13H16O4/c1-10(14)17-13-9-15-8-12(13)16-7-11-5-3-2-4-6-11/h2-6,12-13H,7-9H2,1H3/t12-,13-/m1/s1. The van der Waals surface area contributed by atoms with Crippen molar-refractivity contribution in [3.63, 3.8) is 0 Å². The number of carbonyl (C=O) groups is 1. The highest BCUT2D eigenvalue weighted by molar-refractivity contribution is 5.66. The van der Waals surface area contributed by atoms with Crippen molar-refractivity contribution in [3.05, 3.63) is 35.9 Å². The van der Waals surface area contributed by atoms with Gasteiger partial charge in [0.25, 0.3) is 0 Å². The first-order valence-electron chi connectivity index (χ1n) is 5.66. The number of benzene rings is 1. The first kappa shape index (κ1) is 12.1. The Morgan fingerprint density at radius 2 is 2.00 bits per heavy atom. The van der Waals surface area contributed by atoms with E-state index < -0.39 is 0 Å². The molecule has 2 atom stereocenters. The monoisotopic (exact) mass is 236 g/mol. The van der Waals surface area contributed by atoms with E-state index in [1.54, 1.807) is 0 Å². The fourth-order valence-corrected chi connectivity index (χ4v) is 1.77. The second-order valence-electron chi connectivity index (χ2n) is 4.02. The molecule has 1 saturated heterocycles. The summed E-state index contributed by atoms with van der Waals surface area (Å²) in [6, 6.07) is 9.89. The molecule has 1 heterocycles. The molecule has 4 heteroatoms. The zero-order chi connectivity index (χ0) is 12.1. The molecule has 0 aromatic heterocycles. The summed E-state index contributed by atoms with van der Waals surface area (Å²) in [5, 5.41) is 0. The number of hydrogen-bond acceptors (Lipinski definition) is 4. The van der Waals surface area contributed by atoms with E-state index in [1.807, 2.05) is 30.3 Å². The van der Waals surface area contributed by atoms with E-state index in [0.29, 0.717) is 19.8 Å². The second-order valence-corrected chi connectivity index (χ2v) is 4.02. The molecule has 1 aliphatic heterocycles. The molecule has 0 N–H and O–H groups in total. The van der Waals surface area contributed by atoms with Gasteiger partial charge in [0.15, 0.2) is 6.10 Å². The summed E-state index contributed by atoms with van der Waals surface area (Å²) in [5.41, 5.74) is 1.10. The molecular weight excluding hydrogens is 220 g/mol. The smallest absolute Gasteiger partial charge is 0.303 e. The van der Waals surface area contributed by atoms with Crippen molar-refractivity contribution in [2.75, 3.05) is 13.2 Å². The third-order valence-electron chi connectivity index (χ3n) is 2.60. The molecule has 0 spiro atoms. The summed E-state index contributed by atoms with van der Waals surface area (Å²) in [4.78, 5) is 10.9. The van der Waals surface area contributed by atoms with E-state index in [9.17, 15) is 4.79 Å². The van der Waals surface area contributed by atoms with E-state index in [1.165, 1.54) is 6.92 Å². The van der Waals surface area contributed by atoms with Gasteiger partial charge in [-0.25, -0.2) is 0 Å².